The minimum Gasteiger partial charge on any atom is -0.373 e. The maximum absolute atomic E-state index is 10.7. The third-order valence-corrected chi connectivity index (χ3v) is 2.39. The van der Waals surface area contributed by atoms with Crippen LogP contribution in [0.3, 0.4) is 0 Å². The van der Waals surface area contributed by atoms with Crippen molar-refractivity contribution >= 4 is 17.8 Å². The highest BCUT2D eigenvalue weighted by atomic mass is 16.1. The zero-order valence-corrected chi connectivity index (χ0v) is 9.60. The molecule has 1 amide bonds. The highest BCUT2D eigenvalue weighted by molar-refractivity contribution is 5.83. The van der Waals surface area contributed by atoms with Gasteiger partial charge in [0.25, 0.3) is 0 Å². The van der Waals surface area contributed by atoms with Gasteiger partial charge in [0.15, 0.2) is 0 Å². The first-order valence-electron chi connectivity index (χ1n) is 5.19. The molecule has 0 N–H and O–H groups in total. The Morgan fingerprint density at radius 2 is 1.80 bits per heavy atom. The average Bonchev–Trinajstić information content (AvgIpc) is 2.28. The molecular formula is C12H18N2O. The standard InChI is InChI=1S/C12H18N2O/c1-4-9-13(2)11-7-5-6-8-12(11)14(3)10-15/h5-8,10H,4,9H2,1-3H3. The summed E-state index contributed by atoms with van der Waals surface area (Å²) in [5.74, 6) is 0. The molecule has 0 saturated heterocycles. The van der Waals surface area contributed by atoms with Gasteiger partial charge in [0, 0.05) is 20.6 Å². The molecule has 0 spiro atoms. The lowest BCUT2D eigenvalue weighted by Gasteiger charge is -2.24. The molecule has 82 valence electrons. The number of amides is 1. The minimum atomic E-state index is 0.832. The summed E-state index contributed by atoms with van der Waals surface area (Å²) in [7, 11) is 3.81. The molecule has 3 nitrogen and oxygen atoms in total. The fraction of sp³-hybridized carbons (Fsp3) is 0.417. The Balaban J connectivity index is 3.00. The Kier molecular flexibility index (Phi) is 4.16. The van der Waals surface area contributed by atoms with Gasteiger partial charge in [0.1, 0.15) is 0 Å². The summed E-state index contributed by atoms with van der Waals surface area (Å²) in [6, 6.07) is 7.92. The van der Waals surface area contributed by atoms with Crippen LogP contribution in [0.5, 0.6) is 0 Å². The second kappa shape index (κ2) is 5.39. The fourth-order valence-electron chi connectivity index (χ4n) is 1.60. The van der Waals surface area contributed by atoms with E-state index in [-0.39, 0.29) is 0 Å². The summed E-state index contributed by atoms with van der Waals surface area (Å²) in [6.45, 7) is 3.13. The Morgan fingerprint density at radius 3 is 2.33 bits per heavy atom. The van der Waals surface area contributed by atoms with Crippen LogP contribution in [0, 0.1) is 0 Å². The van der Waals surface area contributed by atoms with Gasteiger partial charge in [0.2, 0.25) is 6.41 Å². The van der Waals surface area contributed by atoms with Crippen LogP contribution < -0.4 is 9.80 Å². The second-order valence-electron chi connectivity index (χ2n) is 3.63. The smallest absolute Gasteiger partial charge is 0.213 e. The number of rotatable bonds is 5. The van der Waals surface area contributed by atoms with Crippen LogP contribution in [0.1, 0.15) is 13.3 Å². The normalized spacial score (nSPS) is 9.80. The molecule has 0 radical (unpaired) electrons. The van der Waals surface area contributed by atoms with Crippen LogP contribution in [0.4, 0.5) is 11.4 Å². The number of hydrogen-bond acceptors (Lipinski definition) is 2. The van der Waals surface area contributed by atoms with Gasteiger partial charge < -0.3 is 9.80 Å². The number of anilines is 2. The fourth-order valence-corrected chi connectivity index (χ4v) is 1.60. The third kappa shape index (κ3) is 2.72. The Morgan fingerprint density at radius 1 is 1.20 bits per heavy atom. The monoisotopic (exact) mass is 206 g/mol. The highest BCUT2D eigenvalue weighted by Crippen LogP contribution is 2.26. The van der Waals surface area contributed by atoms with Gasteiger partial charge in [-0.3, -0.25) is 4.79 Å². The average molecular weight is 206 g/mol. The SMILES string of the molecule is CCCN(C)c1ccccc1N(C)C=O. The predicted molar refractivity (Wildman–Crippen MR) is 64.5 cm³/mol. The summed E-state index contributed by atoms with van der Waals surface area (Å²) in [5.41, 5.74) is 2.04. The van der Waals surface area contributed by atoms with Crippen molar-refractivity contribution in [2.45, 2.75) is 13.3 Å². The van der Waals surface area contributed by atoms with Crippen molar-refractivity contribution in [3.63, 3.8) is 0 Å². The van der Waals surface area contributed by atoms with Crippen molar-refractivity contribution in [3.05, 3.63) is 24.3 Å². The van der Waals surface area contributed by atoms with Gasteiger partial charge in [-0.05, 0) is 18.6 Å². The summed E-state index contributed by atoms with van der Waals surface area (Å²) in [6.07, 6.45) is 1.92. The number of carbonyl (C=O) groups excluding carboxylic acids is 1. The van der Waals surface area contributed by atoms with Gasteiger partial charge in [-0.25, -0.2) is 0 Å². The Labute approximate surface area is 91.3 Å². The van der Waals surface area contributed by atoms with Crippen molar-refractivity contribution in [1.29, 1.82) is 0 Å². The molecule has 0 atom stereocenters. The van der Waals surface area contributed by atoms with Crippen LogP contribution in [-0.4, -0.2) is 27.1 Å². The number of hydrogen-bond donors (Lipinski definition) is 0. The number of carbonyl (C=O) groups is 1. The molecule has 1 aromatic rings. The van der Waals surface area contributed by atoms with Crippen molar-refractivity contribution in [2.24, 2.45) is 0 Å². The molecule has 0 aromatic heterocycles. The summed E-state index contributed by atoms with van der Waals surface area (Å²) in [5, 5.41) is 0. The molecule has 15 heavy (non-hydrogen) atoms. The maximum atomic E-state index is 10.7. The topological polar surface area (TPSA) is 23.6 Å². The van der Waals surface area contributed by atoms with Crippen molar-refractivity contribution < 1.29 is 4.79 Å². The van der Waals surface area contributed by atoms with E-state index in [1.54, 1.807) is 11.9 Å². The van der Waals surface area contributed by atoms with Crippen LogP contribution in [0.15, 0.2) is 24.3 Å². The second-order valence-corrected chi connectivity index (χ2v) is 3.63. The first kappa shape index (κ1) is 11.6. The largest absolute Gasteiger partial charge is 0.373 e. The first-order valence-corrected chi connectivity index (χ1v) is 5.19. The van der Waals surface area contributed by atoms with E-state index < -0.39 is 0 Å². The van der Waals surface area contributed by atoms with Crippen LogP contribution in [0.2, 0.25) is 0 Å². The zero-order valence-electron chi connectivity index (χ0n) is 9.60. The van der Waals surface area contributed by atoms with E-state index >= 15 is 0 Å². The maximum Gasteiger partial charge on any atom is 0.213 e. The van der Waals surface area contributed by atoms with Crippen LogP contribution in [0.25, 0.3) is 0 Å². The van der Waals surface area contributed by atoms with Gasteiger partial charge in [-0.15, -0.1) is 0 Å². The van der Waals surface area contributed by atoms with E-state index in [0.29, 0.717) is 0 Å². The lowest BCUT2D eigenvalue weighted by atomic mass is 10.2. The number of nitrogens with zero attached hydrogens (tertiary/aromatic N) is 2. The van der Waals surface area contributed by atoms with Crippen molar-refractivity contribution in [3.8, 4) is 0 Å². The summed E-state index contributed by atoms with van der Waals surface area (Å²) in [4.78, 5) is 14.5. The van der Waals surface area contributed by atoms with Gasteiger partial charge in [0.05, 0.1) is 11.4 Å². The molecule has 0 aliphatic rings. The van der Waals surface area contributed by atoms with E-state index in [0.717, 1.165) is 30.8 Å². The third-order valence-electron chi connectivity index (χ3n) is 2.39. The molecule has 0 aliphatic carbocycles. The van der Waals surface area contributed by atoms with E-state index in [1.165, 1.54) is 0 Å². The van der Waals surface area contributed by atoms with Crippen LogP contribution >= 0.6 is 0 Å². The highest BCUT2D eigenvalue weighted by Gasteiger charge is 2.08. The zero-order chi connectivity index (χ0) is 11.3. The minimum absolute atomic E-state index is 0.832. The first-order chi connectivity index (χ1) is 7.20. The van der Waals surface area contributed by atoms with Crippen LogP contribution in [-0.2, 0) is 4.79 Å². The Bertz CT molecular complexity index is 325. The molecular weight excluding hydrogens is 188 g/mol. The van der Waals surface area contributed by atoms with E-state index in [1.807, 2.05) is 31.3 Å². The van der Waals surface area contributed by atoms with E-state index in [4.69, 9.17) is 0 Å². The molecule has 0 heterocycles. The van der Waals surface area contributed by atoms with Gasteiger partial charge >= 0.3 is 0 Å². The number of para-hydroxylation sites is 2. The summed E-state index contributed by atoms with van der Waals surface area (Å²) >= 11 is 0. The molecule has 0 fully saturated rings. The van der Waals surface area contributed by atoms with E-state index in [2.05, 4.69) is 11.8 Å². The molecule has 0 unspecified atom stereocenters. The van der Waals surface area contributed by atoms with Gasteiger partial charge in [-0.1, -0.05) is 19.1 Å². The molecule has 0 saturated carbocycles. The van der Waals surface area contributed by atoms with E-state index in [9.17, 15) is 4.79 Å². The Hall–Kier alpha value is -1.51. The molecule has 0 bridgehead atoms. The lowest BCUT2D eigenvalue weighted by Crippen LogP contribution is -2.22. The lowest BCUT2D eigenvalue weighted by molar-refractivity contribution is -0.107. The molecule has 1 aromatic carbocycles. The van der Waals surface area contributed by atoms with Crippen molar-refractivity contribution in [2.75, 3.05) is 30.4 Å². The molecule has 1 rings (SSSR count). The van der Waals surface area contributed by atoms with Gasteiger partial charge in [-0.2, -0.15) is 0 Å². The van der Waals surface area contributed by atoms with Crippen molar-refractivity contribution in [1.82, 2.24) is 0 Å². The molecule has 0 aliphatic heterocycles. The predicted octanol–water partition coefficient (Wildman–Crippen LogP) is 2.13. The molecule has 3 heteroatoms. The quantitative estimate of drug-likeness (QED) is 0.689. The number of benzene rings is 1. The summed E-state index contributed by atoms with van der Waals surface area (Å²) < 4.78 is 0.